The molecule has 0 bridgehead atoms. The van der Waals surface area contributed by atoms with Crippen LogP contribution in [0.25, 0.3) is 21.8 Å². The predicted molar refractivity (Wildman–Crippen MR) is 114 cm³/mol. The molecule has 1 N–H and O–H groups in total. The normalized spacial score (nSPS) is 12.2. The number of benzene rings is 2. The SMILES string of the molecule is Cc1ccc(-c2nc(C(=O)Nc3nc(-c4ccc5c(c4)OCO5)cs3)cs2)cc1. The Hall–Kier alpha value is -3.23. The number of anilines is 1. The number of fused-ring (bicyclic) bond motifs is 1. The van der Waals surface area contributed by atoms with E-state index >= 15 is 0 Å². The molecule has 0 spiro atoms. The molecule has 1 amide bonds. The van der Waals surface area contributed by atoms with E-state index < -0.39 is 0 Å². The third-order valence-corrected chi connectivity index (χ3v) is 6.08. The highest BCUT2D eigenvalue weighted by molar-refractivity contribution is 7.14. The van der Waals surface area contributed by atoms with Gasteiger partial charge in [0.1, 0.15) is 10.7 Å². The lowest BCUT2D eigenvalue weighted by Gasteiger charge is -2.00. The fraction of sp³-hybridized carbons (Fsp3) is 0.0952. The van der Waals surface area contributed by atoms with Crippen molar-refractivity contribution < 1.29 is 14.3 Å². The van der Waals surface area contributed by atoms with Gasteiger partial charge in [-0.1, -0.05) is 29.8 Å². The first-order valence-electron chi connectivity index (χ1n) is 8.85. The molecule has 0 aliphatic carbocycles. The number of carbonyl (C=O) groups is 1. The molecule has 0 atom stereocenters. The number of nitrogens with one attached hydrogen (secondary N) is 1. The lowest BCUT2D eigenvalue weighted by molar-refractivity contribution is 0.102. The first-order chi connectivity index (χ1) is 14.2. The molecule has 0 radical (unpaired) electrons. The number of hydrogen-bond acceptors (Lipinski definition) is 7. The molecule has 5 rings (SSSR count). The van der Waals surface area contributed by atoms with Crippen molar-refractivity contribution in [1.29, 1.82) is 0 Å². The van der Waals surface area contributed by atoms with Gasteiger partial charge in [0, 0.05) is 21.9 Å². The molecule has 2 aromatic carbocycles. The Balaban J connectivity index is 1.31. The lowest BCUT2D eigenvalue weighted by atomic mass is 10.1. The van der Waals surface area contributed by atoms with Crippen LogP contribution in [0.1, 0.15) is 16.1 Å². The summed E-state index contributed by atoms with van der Waals surface area (Å²) in [5.41, 5.74) is 4.23. The van der Waals surface area contributed by atoms with Gasteiger partial charge in [0.05, 0.1) is 5.69 Å². The summed E-state index contributed by atoms with van der Waals surface area (Å²) in [6, 6.07) is 13.7. The van der Waals surface area contributed by atoms with Crippen LogP contribution >= 0.6 is 22.7 Å². The Kier molecular flexibility index (Phi) is 4.49. The van der Waals surface area contributed by atoms with Gasteiger partial charge in [-0.2, -0.15) is 0 Å². The molecule has 144 valence electrons. The van der Waals surface area contributed by atoms with Crippen LogP contribution in [0, 0.1) is 6.92 Å². The van der Waals surface area contributed by atoms with E-state index in [4.69, 9.17) is 9.47 Å². The molecule has 0 saturated heterocycles. The average molecular weight is 422 g/mol. The minimum Gasteiger partial charge on any atom is -0.454 e. The summed E-state index contributed by atoms with van der Waals surface area (Å²) in [5, 5.41) is 7.82. The summed E-state index contributed by atoms with van der Waals surface area (Å²) >= 11 is 2.81. The third-order valence-electron chi connectivity index (χ3n) is 4.43. The van der Waals surface area contributed by atoms with Crippen LogP contribution in [0.5, 0.6) is 11.5 Å². The molecule has 0 saturated carbocycles. The Morgan fingerprint density at radius 2 is 1.76 bits per heavy atom. The van der Waals surface area contributed by atoms with Crippen molar-refractivity contribution in [2.24, 2.45) is 0 Å². The van der Waals surface area contributed by atoms with Gasteiger partial charge in [0.15, 0.2) is 16.6 Å². The third kappa shape index (κ3) is 3.59. The molecular weight excluding hydrogens is 406 g/mol. The highest BCUT2D eigenvalue weighted by atomic mass is 32.1. The number of thiazole rings is 2. The summed E-state index contributed by atoms with van der Waals surface area (Å²) in [4.78, 5) is 21.6. The van der Waals surface area contributed by atoms with Gasteiger partial charge >= 0.3 is 0 Å². The number of rotatable bonds is 4. The standard InChI is InChI=1S/C21H15N3O3S2/c1-12-2-4-13(5-3-12)20-22-16(10-28-20)19(25)24-21-23-15(9-29-21)14-6-7-17-18(8-14)27-11-26-17/h2-10H,11H2,1H3,(H,23,24,25). The number of carbonyl (C=O) groups excluding carboxylic acids is 1. The molecule has 3 heterocycles. The van der Waals surface area contributed by atoms with Crippen molar-refractivity contribution in [1.82, 2.24) is 9.97 Å². The van der Waals surface area contributed by atoms with Crippen molar-refractivity contribution in [3.8, 4) is 33.3 Å². The van der Waals surface area contributed by atoms with E-state index in [1.54, 1.807) is 5.38 Å². The smallest absolute Gasteiger partial charge is 0.276 e. The molecule has 8 heteroatoms. The van der Waals surface area contributed by atoms with E-state index in [9.17, 15) is 4.79 Å². The minimum absolute atomic E-state index is 0.232. The lowest BCUT2D eigenvalue weighted by Crippen LogP contribution is -2.12. The largest absolute Gasteiger partial charge is 0.454 e. The molecule has 0 unspecified atom stereocenters. The summed E-state index contributed by atoms with van der Waals surface area (Å²) < 4.78 is 10.7. The summed E-state index contributed by atoms with van der Waals surface area (Å²) in [6.45, 7) is 2.27. The fourth-order valence-corrected chi connectivity index (χ4v) is 4.41. The zero-order valence-electron chi connectivity index (χ0n) is 15.3. The molecule has 6 nitrogen and oxygen atoms in total. The Labute approximate surface area is 174 Å². The number of aryl methyl sites for hydroxylation is 1. The first kappa shape index (κ1) is 17.8. The maximum absolute atomic E-state index is 12.6. The van der Waals surface area contributed by atoms with Crippen LogP contribution in [-0.4, -0.2) is 22.7 Å². The van der Waals surface area contributed by atoms with Gasteiger partial charge in [-0.05, 0) is 25.1 Å². The van der Waals surface area contributed by atoms with E-state index in [0.717, 1.165) is 27.6 Å². The Morgan fingerprint density at radius 3 is 2.62 bits per heavy atom. The van der Waals surface area contributed by atoms with Gasteiger partial charge in [0.25, 0.3) is 5.91 Å². The Bertz CT molecular complexity index is 1200. The highest BCUT2D eigenvalue weighted by Gasteiger charge is 2.17. The second-order valence-electron chi connectivity index (χ2n) is 6.46. The predicted octanol–water partition coefficient (Wildman–Crippen LogP) is 5.22. The van der Waals surface area contributed by atoms with Crippen molar-refractivity contribution >= 4 is 33.7 Å². The highest BCUT2D eigenvalue weighted by Crippen LogP contribution is 2.36. The molecule has 4 aromatic rings. The molecular formula is C21H15N3O3S2. The van der Waals surface area contributed by atoms with Crippen molar-refractivity contribution in [3.63, 3.8) is 0 Å². The van der Waals surface area contributed by atoms with Gasteiger partial charge in [-0.15, -0.1) is 22.7 Å². The molecule has 29 heavy (non-hydrogen) atoms. The van der Waals surface area contributed by atoms with Crippen molar-refractivity contribution in [2.75, 3.05) is 12.1 Å². The number of nitrogens with zero attached hydrogens (tertiary/aromatic N) is 2. The molecule has 0 fully saturated rings. The zero-order chi connectivity index (χ0) is 19.8. The average Bonchev–Trinajstić information content (AvgIpc) is 3.48. The van der Waals surface area contributed by atoms with Gasteiger partial charge in [-0.3, -0.25) is 10.1 Å². The summed E-state index contributed by atoms with van der Waals surface area (Å²) in [7, 11) is 0. The van der Waals surface area contributed by atoms with E-state index in [1.165, 1.54) is 28.2 Å². The van der Waals surface area contributed by atoms with Crippen LogP contribution in [0.15, 0.2) is 53.2 Å². The van der Waals surface area contributed by atoms with Crippen molar-refractivity contribution in [2.45, 2.75) is 6.92 Å². The number of ether oxygens (including phenoxy) is 2. The number of hydrogen-bond donors (Lipinski definition) is 1. The van der Waals surface area contributed by atoms with Crippen molar-refractivity contribution in [3.05, 3.63) is 64.5 Å². The fourth-order valence-electron chi connectivity index (χ4n) is 2.89. The monoisotopic (exact) mass is 421 g/mol. The van der Waals surface area contributed by atoms with Gasteiger partial charge in [-0.25, -0.2) is 9.97 Å². The van der Waals surface area contributed by atoms with Crippen LogP contribution in [-0.2, 0) is 0 Å². The van der Waals surface area contributed by atoms with Gasteiger partial charge in [0.2, 0.25) is 6.79 Å². The molecule has 1 aliphatic rings. The maximum Gasteiger partial charge on any atom is 0.276 e. The van der Waals surface area contributed by atoms with Crippen LogP contribution < -0.4 is 14.8 Å². The second kappa shape index (κ2) is 7.31. The van der Waals surface area contributed by atoms with E-state index in [-0.39, 0.29) is 12.7 Å². The van der Waals surface area contributed by atoms with E-state index in [2.05, 4.69) is 15.3 Å². The zero-order valence-corrected chi connectivity index (χ0v) is 17.0. The second-order valence-corrected chi connectivity index (χ2v) is 8.18. The topological polar surface area (TPSA) is 73.3 Å². The van der Waals surface area contributed by atoms with Gasteiger partial charge < -0.3 is 9.47 Å². The van der Waals surface area contributed by atoms with Crippen LogP contribution in [0.4, 0.5) is 5.13 Å². The minimum atomic E-state index is -0.272. The Morgan fingerprint density at radius 1 is 0.966 bits per heavy atom. The number of aromatic nitrogens is 2. The quantitative estimate of drug-likeness (QED) is 0.489. The van der Waals surface area contributed by atoms with Crippen LogP contribution in [0.2, 0.25) is 0 Å². The molecule has 1 aliphatic heterocycles. The van der Waals surface area contributed by atoms with Crippen LogP contribution in [0.3, 0.4) is 0 Å². The first-order valence-corrected chi connectivity index (χ1v) is 10.6. The number of amides is 1. The summed E-state index contributed by atoms with van der Waals surface area (Å²) in [5.74, 6) is 1.16. The van der Waals surface area contributed by atoms with E-state index in [0.29, 0.717) is 16.6 Å². The van der Waals surface area contributed by atoms with E-state index in [1.807, 2.05) is 54.8 Å². The maximum atomic E-state index is 12.6. The molecule has 2 aromatic heterocycles. The summed E-state index contributed by atoms with van der Waals surface area (Å²) in [6.07, 6.45) is 0.